The van der Waals surface area contributed by atoms with E-state index >= 15 is 0 Å². The van der Waals surface area contributed by atoms with Crippen LogP contribution in [-0.2, 0) is 4.79 Å². The van der Waals surface area contributed by atoms with Crippen molar-refractivity contribution in [2.45, 2.75) is 13.8 Å². The van der Waals surface area contributed by atoms with Crippen LogP contribution >= 0.6 is 23.2 Å². The molecule has 0 saturated carbocycles. The zero-order valence-electron chi connectivity index (χ0n) is 11.9. The lowest BCUT2D eigenvalue weighted by molar-refractivity contribution is -0.132. The molecule has 0 aliphatic carbocycles. The molecular formula is C14H14Cl2N4O2. The van der Waals surface area contributed by atoms with Crippen molar-refractivity contribution in [1.82, 2.24) is 9.78 Å². The Morgan fingerprint density at radius 2 is 1.82 bits per heavy atom. The molecule has 0 radical (unpaired) electrons. The van der Waals surface area contributed by atoms with Gasteiger partial charge in [0.1, 0.15) is 11.5 Å². The number of aromatic nitrogens is 2. The Morgan fingerprint density at radius 3 is 2.32 bits per heavy atom. The van der Waals surface area contributed by atoms with Gasteiger partial charge < -0.3 is 16.6 Å². The quantitative estimate of drug-likeness (QED) is 0.744. The summed E-state index contributed by atoms with van der Waals surface area (Å²) in [6.07, 6.45) is 0. The van der Waals surface area contributed by atoms with Crippen LogP contribution in [0.2, 0.25) is 10.0 Å². The normalized spacial score (nSPS) is 12.2. The van der Waals surface area contributed by atoms with Gasteiger partial charge in [-0.05, 0) is 37.6 Å². The maximum absolute atomic E-state index is 11.0. The highest BCUT2D eigenvalue weighted by molar-refractivity contribution is 6.35. The van der Waals surface area contributed by atoms with Crippen molar-refractivity contribution in [2.24, 2.45) is 5.73 Å². The smallest absolute Gasteiger partial charge is 0.353 e. The summed E-state index contributed by atoms with van der Waals surface area (Å²) in [6, 6.07) is 5.02. The van der Waals surface area contributed by atoms with Crippen molar-refractivity contribution in [3.63, 3.8) is 0 Å². The number of halogens is 2. The van der Waals surface area contributed by atoms with E-state index in [4.69, 9.17) is 39.8 Å². The summed E-state index contributed by atoms with van der Waals surface area (Å²) in [6.45, 7) is 3.28. The van der Waals surface area contributed by atoms with Crippen molar-refractivity contribution in [3.8, 4) is 11.1 Å². The van der Waals surface area contributed by atoms with Crippen molar-refractivity contribution >= 4 is 40.7 Å². The van der Waals surface area contributed by atoms with Gasteiger partial charge in [0.15, 0.2) is 0 Å². The molecule has 0 fully saturated rings. The van der Waals surface area contributed by atoms with Crippen LogP contribution in [0.5, 0.6) is 0 Å². The van der Waals surface area contributed by atoms with Gasteiger partial charge in [-0.25, -0.2) is 9.48 Å². The van der Waals surface area contributed by atoms with Gasteiger partial charge in [-0.3, -0.25) is 0 Å². The number of aliphatic carboxylic acids is 1. The van der Waals surface area contributed by atoms with E-state index in [2.05, 4.69) is 5.10 Å². The van der Waals surface area contributed by atoms with E-state index < -0.39 is 5.97 Å². The SMILES string of the molecule is C/C(=C(/N)C(=O)O)n1nc(C)c(-c2cc(Cl)cc(Cl)c2)c1N. The Hall–Kier alpha value is -2.18. The molecule has 0 bridgehead atoms. The zero-order valence-corrected chi connectivity index (χ0v) is 13.4. The van der Waals surface area contributed by atoms with Crippen molar-refractivity contribution in [3.05, 3.63) is 39.6 Å². The minimum Gasteiger partial charge on any atom is -0.477 e. The number of carboxylic acids is 1. The summed E-state index contributed by atoms with van der Waals surface area (Å²) in [5.41, 5.74) is 13.5. The van der Waals surface area contributed by atoms with E-state index in [1.807, 2.05) is 0 Å². The van der Waals surface area contributed by atoms with Gasteiger partial charge >= 0.3 is 5.97 Å². The second kappa shape index (κ2) is 5.90. The highest BCUT2D eigenvalue weighted by Crippen LogP contribution is 2.34. The van der Waals surface area contributed by atoms with Crippen LogP contribution in [0.15, 0.2) is 23.9 Å². The molecule has 0 aliphatic heterocycles. The number of benzene rings is 1. The molecule has 0 aliphatic rings. The predicted octanol–water partition coefficient (Wildman–Crippen LogP) is 2.98. The largest absolute Gasteiger partial charge is 0.477 e. The third-order valence-electron chi connectivity index (χ3n) is 3.19. The van der Waals surface area contributed by atoms with Crippen LogP contribution in [-0.4, -0.2) is 20.9 Å². The van der Waals surface area contributed by atoms with Crippen LogP contribution in [0.3, 0.4) is 0 Å². The lowest BCUT2D eigenvalue weighted by Gasteiger charge is -2.08. The third kappa shape index (κ3) is 2.88. The number of hydrogen-bond donors (Lipinski definition) is 3. The molecule has 1 heterocycles. The molecule has 0 spiro atoms. The van der Waals surface area contributed by atoms with Gasteiger partial charge in [0, 0.05) is 15.6 Å². The first-order valence-corrected chi connectivity index (χ1v) is 6.99. The maximum Gasteiger partial charge on any atom is 0.353 e. The summed E-state index contributed by atoms with van der Waals surface area (Å²) >= 11 is 12.0. The standard InChI is InChI=1S/C14H14Cl2N4O2/c1-6-11(8-3-9(15)5-10(16)4-8)13(18)20(19-6)7(2)12(17)14(21)22/h3-5H,17-18H2,1-2H3,(H,21,22)/b12-7-. The summed E-state index contributed by atoms with van der Waals surface area (Å²) in [4.78, 5) is 11.0. The van der Waals surface area contributed by atoms with Gasteiger partial charge in [-0.1, -0.05) is 23.2 Å². The molecule has 2 rings (SSSR count). The lowest BCUT2D eigenvalue weighted by Crippen LogP contribution is -2.16. The lowest BCUT2D eigenvalue weighted by atomic mass is 10.1. The number of allylic oxidation sites excluding steroid dienone is 1. The highest BCUT2D eigenvalue weighted by atomic mass is 35.5. The Balaban J connectivity index is 2.67. The number of carboxylic acid groups (broad SMARTS) is 1. The Kier molecular flexibility index (Phi) is 4.35. The number of anilines is 1. The topological polar surface area (TPSA) is 107 Å². The Morgan fingerprint density at radius 1 is 1.27 bits per heavy atom. The minimum absolute atomic E-state index is 0.229. The van der Waals surface area contributed by atoms with Gasteiger partial charge in [-0.2, -0.15) is 5.10 Å². The van der Waals surface area contributed by atoms with Gasteiger partial charge in [0.2, 0.25) is 0 Å². The fourth-order valence-corrected chi connectivity index (χ4v) is 2.65. The fraction of sp³-hybridized carbons (Fsp3) is 0.143. The van der Waals surface area contributed by atoms with Gasteiger partial charge in [0.05, 0.1) is 11.4 Å². The molecule has 116 valence electrons. The minimum atomic E-state index is -1.24. The van der Waals surface area contributed by atoms with Crippen LogP contribution < -0.4 is 11.5 Å². The molecule has 0 atom stereocenters. The number of nitrogens with zero attached hydrogens (tertiary/aromatic N) is 2. The van der Waals surface area contributed by atoms with Gasteiger partial charge in [-0.15, -0.1) is 0 Å². The molecule has 0 amide bonds. The first kappa shape index (κ1) is 16.2. The second-order valence-corrected chi connectivity index (χ2v) is 5.59. The predicted molar refractivity (Wildman–Crippen MR) is 87.5 cm³/mol. The molecule has 22 heavy (non-hydrogen) atoms. The number of aryl methyl sites for hydroxylation is 1. The molecular weight excluding hydrogens is 327 g/mol. The van der Waals surface area contributed by atoms with Crippen LogP contribution in [0.1, 0.15) is 12.6 Å². The molecule has 0 saturated heterocycles. The fourth-order valence-electron chi connectivity index (χ4n) is 2.12. The van der Waals surface area contributed by atoms with E-state index in [0.717, 1.165) is 0 Å². The number of carbonyl (C=O) groups is 1. The van der Waals surface area contributed by atoms with E-state index in [9.17, 15) is 4.79 Å². The third-order valence-corrected chi connectivity index (χ3v) is 3.62. The molecule has 1 aromatic carbocycles. The van der Waals surface area contributed by atoms with Gasteiger partial charge in [0.25, 0.3) is 0 Å². The van der Waals surface area contributed by atoms with Crippen molar-refractivity contribution < 1.29 is 9.90 Å². The Bertz CT molecular complexity index is 776. The maximum atomic E-state index is 11.0. The van der Waals surface area contributed by atoms with Crippen LogP contribution in [0, 0.1) is 6.92 Å². The second-order valence-electron chi connectivity index (χ2n) is 4.72. The monoisotopic (exact) mass is 340 g/mol. The molecule has 1 aromatic heterocycles. The Labute approximate surface area is 136 Å². The van der Waals surface area contributed by atoms with E-state index in [1.165, 1.54) is 11.6 Å². The summed E-state index contributed by atoms with van der Waals surface area (Å²) < 4.78 is 1.29. The number of rotatable bonds is 3. The first-order valence-electron chi connectivity index (χ1n) is 6.24. The summed E-state index contributed by atoms with van der Waals surface area (Å²) in [7, 11) is 0. The summed E-state index contributed by atoms with van der Waals surface area (Å²) in [5, 5.41) is 14.2. The molecule has 6 nitrogen and oxygen atoms in total. The number of nitrogen functional groups attached to an aromatic ring is 1. The number of nitrogens with two attached hydrogens (primary N) is 2. The average Bonchev–Trinajstić information content (AvgIpc) is 2.71. The van der Waals surface area contributed by atoms with Crippen LogP contribution in [0.4, 0.5) is 5.82 Å². The van der Waals surface area contributed by atoms with Crippen molar-refractivity contribution in [2.75, 3.05) is 5.73 Å². The zero-order chi connectivity index (χ0) is 16.6. The first-order chi connectivity index (χ1) is 10.2. The van der Waals surface area contributed by atoms with E-state index in [0.29, 0.717) is 26.9 Å². The highest BCUT2D eigenvalue weighted by Gasteiger charge is 2.19. The average molecular weight is 341 g/mol. The van der Waals surface area contributed by atoms with Crippen molar-refractivity contribution in [1.29, 1.82) is 0 Å². The van der Waals surface area contributed by atoms with E-state index in [-0.39, 0.29) is 17.2 Å². The molecule has 2 aromatic rings. The van der Waals surface area contributed by atoms with E-state index in [1.54, 1.807) is 25.1 Å². The number of hydrogen-bond acceptors (Lipinski definition) is 4. The van der Waals surface area contributed by atoms with Crippen LogP contribution in [0.25, 0.3) is 16.8 Å². The molecule has 0 unspecified atom stereocenters. The summed E-state index contributed by atoms with van der Waals surface area (Å²) in [5.74, 6) is -0.977. The molecule has 8 heteroatoms. The molecule has 5 N–H and O–H groups in total.